The fraction of sp³-hybridized carbons (Fsp3) is 0.467. The lowest BCUT2D eigenvalue weighted by molar-refractivity contribution is -0.125. The molecule has 0 saturated carbocycles. The minimum Gasteiger partial charge on any atom is -0.351 e. The van der Waals surface area contributed by atoms with Gasteiger partial charge in [0.1, 0.15) is 0 Å². The van der Waals surface area contributed by atoms with E-state index in [0.717, 1.165) is 12.0 Å². The van der Waals surface area contributed by atoms with Crippen LogP contribution in [0.3, 0.4) is 0 Å². The van der Waals surface area contributed by atoms with E-state index in [1.165, 1.54) is 0 Å². The van der Waals surface area contributed by atoms with Crippen LogP contribution < -0.4 is 11.1 Å². The first-order valence-electron chi connectivity index (χ1n) is 7.05. The highest BCUT2D eigenvalue weighted by molar-refractivity contribution is 6.30. The molecule has 114 valence electrons. The number of amides is 3. The summed E-state index contributed by atoms with van der Waals surface area (Å²) in [5, 5.41) is 3.65. The van der Waals surface area contributed by atoms with Crippen LogP contribution in [0.1, 0.15) is 18.9 Å². The zero-order chi connectivity index (χ0) is 15.4. The molecular formula is C15H20ClN3O2. The molecule has 1 aliphatic rings. The molecule has 2 rings (SSSR count). The van der Waals surface area contributed by atoms with Gasteiger partial charge < -0.3 is 16.0 Å². The number of carbonyl (C=O) groups is 2. The van der Waals surface area contributed by atoms with Crippen LogP contribution in [0.15, 0.2) is 24.3 Å². The molecule has 1 aromatic carbocycles. The van der Waals surface area contributed by atoms with Crippen LogP contribution in [-0.2, 0) is 11.2 Å². The second-order valence-corrected chi connectivity index (χ2v) is 5.95. The maximum atomic E-state index is 12.2. The molecule has 0 aliphatic carbocycles. The zero-order valence-corrected chi connectivity index (χ0v) is 12.8. The van der Waals surface area contributed by atoms with Crippen molar-refractivity contribution >= 4 is 23.5 Å². The predicted molar refractivity (Wildman–Crippen MR) is 82.0 cm³/mol. The maximum Gasteiger partial charge on any atom is 0.314 e. The van der Waals surface area contributed by atoms with Gasteiger partial charge in [-0.25, -0.2) is 4.79 Å². The fourth-order valence-electron chi connectivity index (χ4n) is 2.53. The van der Waals surface area contributed by atoms with Crippen molar-refractivity contribution in [1.29, 1.82) is 0 Å². The van der Waals surface area contributed by atoms with Crippen molar-refractivity contribution in [3.63, 3.8) is 0 Å². The lowest BCUT2D eigenvalue weighted by atomic mass is 10.00. The lowest BCUT2D eigenvalue weighted by Crippen LogP contribution is -2.42. The number of benzene rings is 1. The molecule has 21 heavy (non-hydrogen) atoms. The van der Waals surface area contributed by atoms with Crippen molar-refractivity contribution in [3.05, 3.63) is 34.9 Å². The van der Waals surface area contributed by atoms with E-state index in [0.29, 0.717) is 24.5 Å². The number of nitrogens with two attached hydrogens (primary N) is 1. The second-order valence-electron chi connectivity index (χ2n) is 5.51. The molecule has 0 unspecified atom stereocenters. The highest BCUT2D eigenvalue weighted by Crippen LogP contribution is 2.15. The molecule has 1 heterocycles. The smallest absolute Gasteiger partial charge is 0.314 e. The molecule has 0 aromatic heterocycles. The SMILES string of the molecule is C[C@H](Cc1cccc(Cl)c1)C(=O)N[C@@H]1CCN(C(N)=O)C1. The topological polar surface area (TPSA) is 75.4 Å². The van der Waals surface area contributed by atoms with E-state index in [-0.39, 0.29) is 17.9 Å². The van der Waals surface area contributed by atoms with Crippen LogP contribution in [0.5, 0.6) is 0 Å². The van der Waals surface area contributed by atoms with Gasteiger partial charge in [0.25, 0.3) is 0 Å². The first-order chi connectivity index (χ1) is 9.95. The van der Waals surface area contributed by atoms with Crippen molar-refractivity contribution < 1.29 is 9.59 Å². The number of primary amides is 1. The van der Waals surface area contributed by atoms with Crippen LogP contribution in [0.2, 0.25) is 5.02 Å². The summed E-state index contributed by atoms with van der Waals surface area (Å²) in [6, 6.07) is 7.08. The largest absolute Gasteiger partial charge is 0.351 e. The molecule has 2 atom stereocenters. The first kappa shape index (κ1) is 15.6. The fourth-order valence-corrected chi connectivity index (χ4v) is 2.74. The molecule has 3 amide bonds. The van der Waals surface area contributed by atoms with Gasteiger partial charge in [-0.15, -0.1) is 0 Å². The molecule has 1 aromatic rings. The lowest BCUT2D eigenvalue weighted by Gasteiger charge is -2.17. The van der Waals surface area contributed by atoms with E-state index in [4.69, 9.17) is 17.3 Å². The Hall–Kier alpha value is -1.75. The van der Waals surface area contributed by atoms with Crippen molar-refractivity contribution in [2.24, 2.45) is 11.7 Å². The molecular weight excluding hydrogens is 290 g/mol. The van der Waals surface area contributed by atoms with Crippen molar-refractivity contribution in [3.8, 4) is 0 Å². The van der Waals surface area contributed by atoms with E-state index in [1.54, 1.807) is 4.90 Å². The highest BCUT2D eigenvalue weighted by Gasteiger charge is 2.27. The Bertz CT molecular complexity index is 535. The quantitative estimate of drug-likeness (QED) is 0.889. The maximum absolute atomic E-state index is 12.2. The van der Waals surface area contributed by atoms with E-state index in [2.05, 4.69) is 5.32 Å². The van der Waals surface area contributed by atoms with Crippen LogP contribution in [0.25, 0.3) is 0 Å². The monoisotopic (exact) mass is 309 g/mol. The molecule has 0 radical (unpaired) electrons. The summed E-state index contributed by atoms with van der Waals surface area (Å²) >= 11 is 5.94. The van der Waals surface area contributed by atoms with Crippen molar-refractivity contribution in [1.82, 2.24) is 10.2 Å². The van der Waals surface area contributed by atoms with Gasteiger partial charge in [0.05, 0.1) is 0 Å². The summed E-state index contributed by atoms with van der Waals surface area (Å²) in [5.74, 6) is -0.155. The Balaban J connectivity index is 1.84. The third kappa shape index (κ3) is 4.36. The van der Waals surface area contributed by atoms with Crippen molar-refractivity contribution in [2.75, 3.05) is 13.1 Å². The number of rotatable bonds is 4. The number of halogens is 1. The number of urea groups is 1. The van der Waals surface area contributed by atoms with Crippen LogP contribution >= 0.6 is 11.6 Å². The number of nitrogens with one attached hydrogen (secondary N) is 1. The average Bonchev–Trinajstić information content (AvgIpc) is 2.87. The van der Waals surface area contributed by atoms with Crippen LogP contribution in [-0.4, -0.2) is 36.0 Å². The van der Waals surface area contributed by atoms with Gasteiger partial charge in [0.15, 0.2) is 0 Å². The second kappa shape index (κ2) is 6.80. The number of likely N-dealkylation sites (tertiary alicyclic amines) is 1. The van der Waals surface area contributed by atoms with Gasteiger partial charge in [-0.1, -0.05) is 30.7 Å². The first-order valence-corrected chi connectivity index (χ1v) is 7.42. The normalized spacial score (nSPS) is 19.3. The third-order valence-corrected chi connectivity index (χ3v) is 3.96. The summed E-state index contributed by atoms with van der Waals surface area (Å²) in [5.41, 5.74) is 6.27. The Morgan fingerprint density at radius 2 is 2.29 bits per heavy atom. The summed E-state index contributed by atoms with van der Waals surface area (Å²) in [6.07, 6.45) is 1.39. The Morgan fingerprint density at radius 1 is 1.52 bits per heavy atom. The molecule has 1 saturated heterocycles. The average molecular weight is 310 g/mol. The van der Waals surface area contributed by atoms with Gasteiger partial charge in [-0.2, -0.15) is 0 Å². The van der Waals surface area contributed by atoms with Crippen molar-refractivity contribution in [2.45, 2.75) is 25.8 Å². The van der Waals surface area contributed by atoms with Crippen LogP contribution in [0.4, 0.5) is 4.79 Å². The van der Waals surface area contributed by atoms with Gasteiger partial charge in [0, 0.05) is 30.1 Å². The van der Waals surface area contributed by atoms with E-state index < -0.39 is 6.03 Å². The predicted octanol–water partition coefficient (Wildman–Crippen LogP) is 1.79. The molecule has 6 heteroatoms. The molecule has 5 nitrogen and oxygen atoms in total. The van der Waals surface area contributed by atoms with E-state index in [9.17, 15) is 9.59 Å². The zero-order valence-electron chi connectivity index (χ0n) is 12.0. The molecule has 3 N–H and O–H groups in total. The minimum atomic E-state index is -0.432. The molecule has 0 bridgehead atoms. The standard InChI is InChI=1S/C15H20ClN3O2/c1-10(7-11-3-2-4-12(16)8-11)14(20)18-13-5-6-19(9-13)15(17)21/h2-4,8,10,13H,5-7,9H2,1H3,(H2,17,21)(H,18,20)/t10-,13-/m1/s1. The van der Waals surface area contributed by atoms with Gasteiger partial charge in [-0.05, 0) is 30.5 Å². The Kier molecular flexibility index (Phi) is 5.07. The van der Waals surface area contributed by atoms with Gasteiger partial charge in [-0.3, -0.25) is 4.79 Å². The number of nitrogens with zero attached hydrogens (tertiary/aromatic N) is 1. The molecule has 1 aliphatic heterocycles. The minimum absolute atomic E-state index is 0.00758. The number of hydrogen-bond donors (Lipinski definition) is 2. The molecule has 0 spiro atoms. The number of carbonyl (C=O) groups excluding carboxylic acids is 2. The summed E-state index contributed by atoms with van der Waals surface area (Å²) < 4.78 is 0. The summed E-state index contributed by atoms with van der Waals surface area (Å²) in [6.45, 7) is 2.98. The van der Waals surface area contributed by atoms with E-state index in [1.807, 2.05) is 31.2 Å². The Morgan fingerprint density at radius 3 is 2.90 bits per heavy atom. The molecule has 1 fully saturated rings. The van der Waals surface area contributed by atoms with Gasteiger partial charge in [0.2, 0.25) is 5.91 Å². The summed E-state index contributed by atoms with van der Waals surface area (Å²) in [7, 11) is 0. The van der Waals surface area contributed by atoms with Crippen LogP contribution in [0, 0.1) is 5.92 Å². The highest BCUT2D eigenvalue weighted by atomic mass is 35.5. The Labute approximate surface area is 129 Å². The summed E-state index contributed by atoms with van der Waals surface area (Å²) in [4.78, 5) is 24.8. The van der Waals surface area contributed by atoms with E-state index >= 15 is 0 Å². The van der Waals surface area contributed by atoms with Gasteiger partial charge >= 0.3 is 6.03 Å². The third-order valence-electron chi connectivity index (χ3n) is 3.72. The number of hydrogen-bond acceptors (Lipinski definition) is 2.